The number of aromatic nitrogens is 2. The van der Waals surface area contributed by atoms with E-state index in [1.54, 1.807) is 30.3 Å². The number of methoxy groups -OCH3 is 1. The fraction of sp³-hybridized carbons (Fsp3) is 0.0769. The van der Waals surface area contributed by atoms with Crippen LogP contribution in [0.1, 0.15) is 21.5 Å². The number of carbonyl (C=O) groups is 3. The molecule has 2 amide bonds. The summed E-state index contributed by atoms with van der Waals surface area (Å²) in [6.07, 6.45) is 1.67. The second kappa shape index (κ2) is 9.81. The number of carbonyl (C=O) groups excluding carboxylic acids is 3. The van der Waals surface area contributed by atoms with Gasteiger partial charge in [0.2, 0.25) is 0 Å². The summed E-state index contributed by atoms with van der Waals surface area (Å²) in [5.41, 5.74) is 4.52. The van der Waals surface area contributed by atoms with Gasteiger partial charge in [-0.2, -0.15) is 0 Å². The first kappa shape index (κ1) is 24.1. The van der Waals surface area contributed by atoms with Crippen LogP contribution in [-0.4, -0.2) is 33.8 Å². The Labute approximate surface area is 220 Å². The summed E-state index contributed by atoms with van der Waals surface area (Å²) in [7, 11) is 1.34. The number of hydrogen-bond acceptors (Lipinski definition) is 6. The zero-order chi connectivity index (χ0) is 25.4. The summed E-state index contributed by atoms with van der Waals surface area (Å²) >= 11 is 13.4. The van der Waals surface area contributed by atoms with Crippen molar-refractivity contribution in [2.24, 2.45) is 0 Å². The molecule has 1 fully saturated rings. The molecule has 1 saturated heterocycles. The van der Waals surface area contributed by atoms with E-state index in [0.29, 0.717) is 38.4 Å². The number of imide groups is 1. The first-order valence-corrected chi connectivity index (χ1v) is 12.3. The largest absolute Gasteiger partial charge is 0.465 e. The van der Waals surface area contributed by atoms with E-state index in [2.05, 4.69) is 5.32 Å². The zero-order valence-electron chi connectivity index (χ0n) is 18.7. The molecule has 1 aliphatic rings. The lowest BCUT2D eigenvalue weighted by atomic mass is 10.1. The number of halogens is 2. The van der Waals surface area contributed by atoms with Crippen LogP contribution in [0.3, 0.4) is 0 Å². The van der Waals surface area contributed by atoms with E-state index in [1.807, 2.05) is 41.0 Å². The highest BCUT2D eigenvalue weighted by atomic mass is 35.5. The average Bonchev–Trinajstić information content (AvgIpc) is 3.37. The molecule has 2 heterocycles. The van der Waals surface area contributed by atoms with Crippen molar-refractivity contribution in [1.82, 2.24) is 14.9 Å². The predicted octanol–water partition coefficient (Wildman–Crippen LogP) is 6.17. The van der Waals surface area contributed by atoms with Crippen LogP contribution in [0.15, 0.2) is 65.6 Å². The number of imidazole rings is 1. The highest BCUT2D eigenvalue weighted by molar-refractivity contribution is 8.18. The topological polar surface area (TPSA) is 90.3 Å². The quantitative estimate of drug-likeness (QED) is 0.242. The molecule has 0 radical (unpaired) electrons. The number of hydrogen-bond donors (Lipinski definition) is 1. The van der Waals surface area contributed by atoms with Crippen LogP contribution in [0.4, 0.5) is 4.79 Å². The van der Waals surface area contributed by atoms with E-state index < -0.39 is 11.9 Å². The van der Waals surface area contributed by atoms with E-state index in [1.165, 1.54) is 7.11 Å². The van der Waals surface area contributed by atoms with Gasteiger partial charge in [-0.15, -0.1) is 0 Å². The number of thioether (sulfide) groups is 1. The number of ether oxygens (including phenoxy) is 1. The molecule has 4 aromatic rings. The van der Waals surface area contributed by atoms with Gasteiger partial charge in [-0.25, -0.2) is 9.78 Å². The third-order valence-corrected chi connectivity index (χ3v) is 7.15. The van der Waals surface area contributed by atoms with Crippen molar-refractivity contribution >= 4 is 69.2 Å². The van der Waals surface area contributed by atoms with E-state index in [-0.39, 0.29) is 5.24 Å². The second-order valence-corrected chi connectivity index (χ2v) is 9.77. The number of benzene rings is 3. The van der Waals surface area contributed by atoms with Gasteiger partial charge < -0.3 is 9.30 Å². The number of amides is 2. The lowest BCUT2D eigenvalue weighted by Gasteiger charge is -2.11. The van der Waals surface area contributed by atoms with Crippen molar-refractivity contribution < 1.29 is 19.1 Å². The molecular weight excluding hydrogens is 521 g/mol. The lowest BCUT2D eigenvalue weighted by Crippen LogP contribution is -2.17. The molecule has 1 aromatic heterocycles. The molecule has 36 heavy (non-hydrogen) atoms. The molecule has 3 aromatic carbocycles. The third kappa shape index (κ3) is 4.75. The van der Waals surface area contributed by atoms with Gasteiger partial charge in [0.1, 0.15) is 5.82 Å². The van der Waals surface area contributed by atoms with Crippen molar-refractivity contribution in [2.75, 3.05) is 7.11 Å². The molecule has 5 rings (SSSR count). The Bertz CT molecular complexity index is 1560. The van der Waals surface area contributed by atoms with Gasteiger partial charge in [0.05, 0.1) is 38.7 Å². The molecule has 10 heteroatoms. The number of nitrogens with zero attached hydrogens (tertiary/aromatic N) is 2. The Morgan fingerprint density at radius 1 is 1.06 bits per heavy atom. The van der Waals surface area contributed by atoms with Gasteiger partial charge >= 0.3 is 5.97 Å². The average molecular weight is 538 g/mol. The van der Waals surface area contributed by atoms with Crippen LogP contribution in [-0.2, 0) is 16.1 Å². The highest BCUT2D eigenvalue weighted by Crippen LogP contribution is 2.33. The van der Waals surface area contributed by atoms with E-state index in [9.17, 15) is 14.4 Å². The standard InChI is InChI=1S/C26H17Cl2N3O4S/c1-35-25(33)17-8-4-15(5-9-17)13-31-21-12-19(28)18(27)11-20(21)29-23(31)16-6-2-14(3-7-16)10-22-24(32)30-26(34)36-22/h2-12H,13H2,1H3,(H,30,32,34)/b22-10-. The molecule has 1 N–H and O–H groups in total. The van der Waals surface area contributed by atoms with Crippen LogP contribution in [0.5, 0.6) is 0 Å². The molecule has 0 spiro atoms. The minimum absolute atomic E-state index is 0.347. The Morgan fingerprint density at radius 3 is 2.39 bits per heavy atom. The summed E-state index contributed by atoms with van der Waals surface area (Å²) in [6.45, 7) is 0.468. The number of fused-ring (bicyclic) bond motifs is 1. The third-order valence-electron chi connectivity index (χ3n) is 5.61. The maximum absolute atomic E-state index is 11.8. The summed E-state index contributed by atoms with van der Waals surface area (Å²) < 4.78 is 6.80. The van der Waals surface area contributed by atoms with Crippen LogP contribution < -0.4 is 5.32 Å². The van der Waals surface area contributed by atoms with Crippen LogP contribution in [0, 0.1) is 0 Å². The number of esters is 1. The molecule has 1 aliphatic heterocycles. The Balaban J connectivity index is 1.53. The molecule has 0 aliphatic carbocycles. The van der Waals surface area contributed by atoms with Gasteiger partial charge in [-0.3, -0.25) is 14.9 Å². The lowest BCUT2D eigenvalue weighted by molar-refractivity contribution is -0.115. The smallest absolute Gasteiger partial charge is 0.337 e. The molecule has 0 unspecified atom stereocenters. The fourth-order valence-electron chi connectivity index (χ4n) is 3.85. The van der Waals surface area contributed by atoms with Crippen molar-refractivity contribution in [3.63, 3.8) is 0 Å². The molecule has 0 atom stereocenters. The Morgan fingerprint density at radius 2 is 1.75 bits per heavy atom. The summed E-state index contributed by atoms with van der Waals surface area (Å²) in [5, 5.41) is 2.69. The summed E-state index contributed by atoms with van der Waals surface area (Å²) in [6, 6.07) is 18.2. The highest BCUT2D eigenvalue weighted by Gasteiger charge is 2.25. The second-order valence-electron chi connectivity index (χ2n) is 7.94. The monoisotopic (exact) mass is 537 g/mol. The molecule has 180 valence electrons. The molecule has 0 bridgehead atoms. The van der Waals surface area contributed by atoms with Crippen molar-refractivity contribution in [3.05, 3.63) is 92.3 Å². The van der Waals surface area contributed by atoms with Crippen molar-refractivity contribution in [3.8, 4) is 11.4 Å². The number of rotatable bonds is 5. The minimum atomic E-state index is -0.400. The Hall–Kier alpha value is -3.59. The maximum Gasteiger partial charge on any atom is 0.337 e. The van der Waals surface area contributed by atoms with Gasteiger partial charge in [-0.1, -0.05) is 59.6 Å². The van der Waals surface area contributed by atoms with Gasteiger partial charge in [0, 0.05) is 12.1 Å². The molecule has 7 nitrogen and oxygen atoms in total. The van der Waals surface area contributed by atoms with Crippen molar-refractivity contribution in [1.29, 1.82) is 0 Å². The predicted molar refractivity (Wildman–Crippen MR) is 141 cm³/mol. The SMILES string of the molecule is COC(=O)c1ccc(Cn2c(-c3ccc(/C=C4\SC(=O)NC4=O)cc3)nc3cc(Cl)c(Cl)cc32)cc1. The molecular formula is C26H17Cl2N3O4S. The van der Waals surface area contributed by atoms with Gasteiger partial charge in [0.15, 0.2) is 0 Å². The summed E-state index contributed by atoms with van der Waals surface area (Å²) in [5.74, 6) is -0.102. The van der Waals surface area contributed by atoms with E-state index >= 15 is 0 Å². The van der Waals surface area contributed by atoms with Crippen LogP contribution >= 0.6 is 35.0 Å². The minimum Gasteiger partial charge on any atom is -0.465 e. The van der Waals surface area contributed by atoms with Crippen molar-refractivity contribution in [2.45, 2.75) is 6.54 Å². The van der Waals surface area contributed by atoms with Gasteiger partial charge in [-0.05, 0) is 53.2 Å². The van der Waals surface area contributed by atoms with Gasteiger partial charge in [0.25, 0.3) is 11.1 Å². The number of nitrogens with one attached hydrogen (secondary N) is 1. The fourth-order valence-corrected chi connectivity index (χ4v) is 4.85. The van der Waals surface area contributed by atoms with Crippen LogP contribution in [0.2, 0.25) is 10.0 Å². The first-order chi connectivity index (χ1) is 17.3. The normalized spacial score (nSPS) is 14.5. The maximum atomic E-state index is 11.8. The zero-order valence-corrected chi connectivity index (χ0v) is 21.1. The van der Waals surface area contributed by atoms with E-state index in [0.717, 1.165) is 34.0 Å². The van der Waals surface area contributed by atoms with E-state index in [4.69, 9.17) is 32.9 Å². The summed E-state index contributed by atoms with van der Waals surface area (Å²) in [4.78, 5) is 40.2. The Kier molecular flexibility index (Phi) is 6.57. The van der Waals surface area contributed by atoms with Crippen LogP contribution in [0.25, 0.3) is 28.5 Å². The first-order valence-electron chi connectivity index (χ1n) is 10.7. The molecule has 0 saturated carbocycles.